The highest BCUT2D eigenvalue weighted by Gasteiger charge is 2.27. The zero-order valence-corrected chi connectivity index (χ0v) is 19.2. The van der Waals surface area contributed by atoms with E-state index in [0.29, 0.717) is 25.7 Å². The summed E-state index contributed by atoms with van der Waals surface area (Å²) >= 11 is 0. The molecule has 0 saturated carbocycles. The highest BCUT2D eigenvalue weighted by Crippen LogP contribution is 2.33. The Morgan fingerprint density at radius 1 is 1.06 bits per heavy atom. The molecule has 31 heavy (non-hydrogen) atoms. The Labute approximate surface area is 187 Å². The number of nitrogens with zero attached hydrogens (tertiary/aromatic N) is 1. The van der Waals surface area contributed by atoms with Crippen molar-refractivity contribution in [1.29, 1.82) is 0 Å². The zero-order valence-electron chi connectivity index (χ0n) is 19.2. The van der Waals surface area contributed by atoms with Crippen LogP contribution in [0, 0.1) is 12.8 Å². The van der Waals surface area contributed by atoms with E-state index in [1.54, 1.807) is 0 Å². The molecule has 3 rings (SSSR count). The molecule has 5 heteroatoms. The summed E-state index contributed by atoms with van der Waals surface area (Å²) in [5.74, 6) is 1.27. The van der Waals surface area contributed by atoms with Gasteiger partial charge >= 0.3 is 0 Å². The number of hydrogen-bond donors (Lipinski definition) is 2. The number of aryl methyl sites for hydroxylation is 1. The van der Waals surface area contributed by atoms with Gasteiger partial charge in [-0.2, -0.15) is 0 Å². The van der Waals surface area contributed by atoms with Crippen LogP contribution < -0.4 is 10.6 Å². The molecule has 1 aliphatic heterocycles. The number of benzene rings is 2. The Bertz CT molecular complexity index is 820. The van der Waals surface area contributed by atoms with E-state index in [-0.39, 0.29) is 6.10 Å². The number of hydrogen-bond acceptors (Lipinski definition) is 3. The summed E-state index contributed by atoms with van der Waals surface area (Å²) in [6.45, 7) is 10.7. The van der Waals surface area contributed by atoms with Gasteiger partial charge in [0, 0.05) is 32.2 Å². The third kappa shape index (κ3) is 7.08. The summed E-state index contributed by atoms with van der Waals surface area (Å²) in [6.07, 6.45) is 2.40. The molecule has 2 unspecified atom stereocenters. The van der Waals surface area contributed by atoms with Gasteiger partial charge in [-0.25, -0.2) is 4.99 Å². The summed E-state index contributed by atoms with van der Waals surface area (Å²) in [4.78, 5) is 4.84. The minimum Gasteiger partial charge on any atom is -0.377 e. The van der Waals surface area contributed by atoms with Crippen molar-refractivity contribution < 1.29 is 9.47 Å². The number of ether oxygens (including phenoxy) is 2. The molecule has 2 aromatic carbocycles. The third-order valence-corrected chi connectivity index (χ3v) is 5.71. The maximum Gasteiger partial charge on any atom is 0.191 e. The molecular weight excluding hydrogens is 386 g/mol. The Kier molecular flexibility index (Phi) is 9.38. The van der Waals surface area contributed by atoms with Gasteiger partial charge in [-0.15, -0.1) is 0 Å². The van der Waals surface area contributed by atoms with E-state index in [1.165, 1.54) is 22.3 Å². The molecule has 0 amide bonds. The predicted molar refractivity (Wildman–Crippen MR) is 127 cm³/mol. The molecule has 1 fully saturated rings. The lowest BCUT2D eigenvalue weighted by atomic mass is 9.89. The van der Waals surface area contributed by atoms with Crippen LogP contribution in [-0.2, 0) is 22.6 Å². The van der Waals surface area contributed by atoms with Crippen LogP contribution >= 0.6 is 0 Å². The van der Waals surface area contributed by atoms with E-state index in [0.717, 1.165) is 38.5 Å². The van der Waals surface area contributed by atoms with Gasteiger partial charge < -0.3 is 20.1 Å². The first kappa shape index (κ1) is 23.3. The number of nitrogens with one attached hydrogen (secondary N) is 2. The number of aliphatic imine (C=N–C) groups is 1. The van der Waals surface area contributed by atoms with Crippen LogP contribution in [0.1, 0.15) is 55.0 Å². The minimum absolute atomic E-state index is 0.136. The van der Waals surface area contributed by atoms with Crippen LogP contribution in [0.3, 0.4) is 0 Å². The standard InChI is InChI=1S/C26H37N3O2/c1-4-27-26(28-17-22-9-6-7-10-24(22)19-30-5-2)29-18-23-11-8-16-31-25(23)21-14-12-20(3)13-15-21/h6-7,9-10,12-15,23,25H,4-5,8,11,16-19H2,1-3H3,(H2,27,28,29). The lowest BCUT2D eigenvalue weighted by Crippen LogP contribution is -2.42. The van der Waals surface area contributed by atoms with Crippen molar-refractivity contribution in [2.75, 3.05) is 26.3 Å². The fraction of sp³-hybridized carbons (Fsp3) is 0.500. The van der Waals surface area contributed by atoms with Crippen molar-refractivity contribution in [3.8, 4) is 0 Å². The molecule has 0 radical (unpaired) electrons. The van der Waals surface area contributed by atoms with E-state index in [2.05, 4.69) is 73.0 Å². The summed E-state index contributed by atoms with van der Waals surface area (Å²) in [5, 5.41) is 6.95. The lowest BCUT2D eigenvalue weighted by molar-refractivity contribution is -0.0265. The maximum absolute atomic E-state index is 6.18. The lowest BCUT2D eigenvalue weighted by Gasteiger charge is -2.32. The molecule has 2 aromatic rings. The summed E-state index contributed by atoms with van der Waals surface area (Å²) in [7, 11) is 0. The number of guanidine groups is 1. The predicted octanol–water partition coefficient (Wildman–Crippen LogP) is 4.75. The number of rotatable bonds is 9. The van der Waals surface area contributed by atoms with Crippen molar-refractivity contribution in [2.24, 2.45) is 10.9 Å². The Balaban J connectivity index is 1.64. The Morgan fingerprint density at radius 3 is 2.58 bits per heavy atom. The van der Waals surface area contributed by atoms with Gasteiger partial charge in [0.15, 0.2) is 5.96 Å². The van der Waals surface area contributed by atoms with Crippen molar-refractivity contribution in [1.82, 2.24) is 10.6 Å². The molecule has 2 N–H and O–H groups in total. The highest BCUT2D eigenvalue weighted by molar-refractivity contribution is 5.79. The quantitative estimate of drug-likeness (QED) is 0.451. The zero-order chi connectivity index (χ0) is 21.9. The van der Waals surface area contributed by atoms with Gasteiger partial charge in [-0.05, 0) is 50.3 Å². The van der Waals surface area contributed by atoms with Gasteiger partial charge in [0.25, 0.3) is 0 Å². The second-order valence-corrected chi connectivity index (χ2v) is 8.09. The van der Waals surface area contributed by atoms with Gasteiger partial charge in [0.1, 0.15) is 0 Å². The molecule has 0 spiro atoms. The average Bonchev–Trinajstić information content (AvgIpc) is 2.81. The molecule has 168 valence electrons. The first-order valence-corrected chi connectivity index (χ1v) is 11.6. The van der Waals surface area contributed by atoms with Crippen molar-refractivity contribution in [2.45, 2.75) is 52.9 Å². The van der Waals surface area contributed by atoms with E-state index in [9.17, 15) is 0 Å². The van der Waals surface area contributed by atoms with Crippen LogP contribution in [-0.4, -0.2) is 32.3 Å². The first-order chi connectivity index (χ1) is 15.2. The van der Waals surface area contributed by atoms with Crippen LogP contribution in [0.25, 0.3) is 0 Å². The van der Waals surface area contributed by atoms with E-state index >= 15 is 0 Å². The van der Waals surface area contributed by atoms with Gasteiger partial charge in [-0.3, -0.25) is 0 Å². The van der Waals surface area contributed by atoms with Gasteiger partial charge in [0.05, 0.1) is 19.3 Å². The summed E-state index contributed by atoms with van der Waals surface area (Å²) < 4.78 is 11.8. The maximum atomic E-state index is 6.18. The van der Waals surface area contributed by atoms with E-state index in [1.807, 2.05) is 6.92 Å². The summed E-state index contributed by atoms with van der Waals surface area (Å²) in [5.41, 5.74) is 4.94. The smallest absolute Gasteiger partial charge is 0.191 e. The topological polar surface area (TPSA) is 54.9 Å². The van der Waals surface area contributed by atoms with Crippen LogP contribution in [0.2, 0.25) is 0 Å². The molecule has 5 nitrogen and oxygen atoms in total. The summed E-state index contributed by atoms with van der Waals surface area (Å²) in [6, 6.07) is 17.1. The fourth-order valence-corrected chi connectivity index (χ4v) is 3.98. The molecule has 1 saturated heterocycles. The Morgan fingerprint density at radius 2 is 1.84 bits per heavy atom. The van der Waals surface area contributed by atoms with Gasteiger partial charge in [0.2, 0.25) is 0 Å². The normalized spacial score (nSPS) is 19.3. The first-order valence-electron chi connectivity index (χ1n) is 11.6. The Hall–Kier alpha value is -2.37. The molecule has 0 aliphatic carbocycles. The van der Waals surface area contributed by atoms with E-state index < -0.39 is 0 Å². The molecular formula is C26H37N3O2. The second-order valence-electron chi connectivity index (χ2n) is 8.09. The van der Waals surface area contributed by atoms with Crippen LogP contribution in [0.5, 0.6) is 0 Å². The largest absolute Gasteiger partial charge is 0.377 e. The molecule has 1 aliphatic rings. The SMILES string of the molecule is CCNC(=NCc1ccccc1COCC)NCC1CCCOC1c1ccc(C)cc1. The third-order valence-electron chi connectivity index (χ3n) is 5.71. The van der Waals surface area contributed by atoms with Crippen molar-refractivity contribution in [3.05, 3.63) is 70.8 Å². The molecule has 2 atom stereocenters. The monoisotopic (exact) mass is 423 g/mol. The van der Waals surface area contributed by atoms with Crippen molar-refractivity contribution in [3.63, 3.8) is 0 Å². The molecule has 0 aromatic heterocycles. The average molecular weight is 424 g/mol. The molecule has 0 bridgehead atoms. The van der Waals surface area contributed by atoms with Gasteiger partial charge in [-0.1, -0.05) is 54.1 Å². The van der Waals surface area contributed by atoms with Crippen LogP contribution in [0.4, 0.5) is 0 Å². The fourth-order valence-electron chi connectivity index (χ4n) is 3.98. The van der Waals surface area contributed by atoms with Crippen molar-refractivity contribution >= 4 is 5.96 Å². The molecule has 1 heterocycles. The highest BCUT2D eigenvalue weighted by atomic mass is 16.5. The minimum atomic E-state index is 0.136. The van der Waals surface area contributed by atoms with E-state index in [4.69, 9.17) is 14.5 Å². The van der Waals surface area contributed by atoms with Crippen LogP contribution in [0.15, 0.2) is 53.5 Å². The second kappa shape index (κ2) is 12.5.